The number of ether oxygens (including phenoxy) is 1. The number of primary amides is 1. The number of rotatable bonds is 4. The molecule has 1 saturated carbocycles. The molecule has 0 aliphatic heterocycles. The van der Waals surface area contributed by atoms with E-state index in [2.05, 4.69) is 5.32 Å². The standard InChI is InChI=1S/C13H16O3.C8H7F3N2O/c14-13(15)10-6-8-12(9-7-10)16-11-4-2-1-3-5-11;9-8(10,11)5-1-3-6(4-2-5)13-7(12)14/h6-9,11H,1-5H2,(H,14,15);1-4H,(H3,12,13,14). The molecule has 9 heteroatoms. The summed E-state index contributed by atoms with van der Waals surface area (Å²) in [6.45, 7) is 0. The largest absolute Gasteiger partial charge is 0.490 e. The van der Waals surface area contributed by atoms with Gasteiger partial charge in [-0.1, -0.05) is 6.42 Å². The second-order valence-electron chi connectivity index (χ2n) is 6.77. The lowest BCUT2D eigenvalue weighted by molar-refractivity contribution is -0.137. The number of nitrogens with one attached hydrogen (secondary N) is 1. The molecule has 2 amide bonds. The lowest BCUT2D eigenvalue weighted by Gasteiger charge is -2.22. The molecule has 0 heterocycles. The number of anilines is 1. The van der Waals surface area contributed by atoms with Crippen LogP contribution in [-0.4, -0.2) is 23.2 Å². The molecule has 6 nitrogen and oxygen atoms in total. The first kappa shape index (κ1) is 23.1. The Kier molecular flexibility index (Phi) is 8.08. The minimum absolute atomic E-state index is 0.227. The number of benzene rings is 2. The van der Waals surface area contributed by atoms with Crippen LogP contribution < -0.4 is 15.8 Å². The molecule has 0 bridgehead atoms. The van der Waals surface area contributed by atoms with Gasteiger partial charge >= 0.3 is 18.2 Å². The number of halogens is 3. The van der Waals surface area contributed by atoms with Crippen molar-refractivity contribution in [2.24, 2.45) is 5.73 Å². The summed E-state index contributed by atoms with van der Waals surface area (Å²) in [6, 6.07) is 9.82. The van der Waals surface area contributed by atoms with Crippen LogP contribution in [0.1, 0.15) is 48.0 Å². The number of carboxylic acids is 1. The van der Waals surface area contributed by atoms with Crippen LogP contribution in [0.5, 0.6) is 5.75 Å². The van der Waals surface area contributed by atoms with E-state index in [0.29, 0.717) is 11.7 Å². The predicted octanol–water partition coefficient (Wildman–Crippen LogP) is 5.29. The van der Waals surface area contributed by atoms with Crippen LogP contribution in [0.25, 0.3) is 0 Å². The van der Waals surface area contributed by atoms with Crippen LogP contribution >= 0.6 is 0 Å². The third-order valence-corrected chi connectivity index (χ3v) is 4.44. The summed E-state index contributed by atoms with van der Waals surface area (Å²) < 4.78 is 42.0. The molecule has 0 saturated heterocycles. The Morgan fingerprint density at radius 1 is 0.967 bits per heavy atom. The average molecular weight is 424 g/mol. The Bertz CT molecular complexity index is 831. The maximum atomic E-state index is 12.1. The highest BCUT2D eigenvalue weighted by Gasteiger charge is 2.29. The average Bonchev–Trinajstić information content (AvgIpc) is 2.69. The highest BCUT2D eigenvalue weighted by Crippen LogP contribution is 2.29. The first-order valence-corrected chi connectivity index (χ1v) is 9.39. The number of hydrogen-bond donors (Lipinski definition) is 3. The van der Waals surface area contributed by atoms with Crippen LogP contribution in [0.2, 0.25) is 0 Å². The van der Waals surface area contributed by atoms with E-state index in [4.69, 9.17) is 15.6 Å². The van der Waals surface area contributed by atoms with Crippen molar-refractivity contribution in [3.05, 3.63) is 59.7 Å². The molecule has 0 spiro atoms. The first-order valence-electron chi connectivity index (χ1n) is 9.39. The Morgan fingerprint density at radius 3 is 2.00 bits per heavy atom. The van der Waals surface area contributed by atoms with Crippen LogP contribution in [0.4, 0.5) is 23.7 Å². The van der Waals surface area contributed by atoms with Crippen molar-refractivity contribution in [1.29, 1.82) is 0 Å². The second kappa shape index (κ2) is 10.5. The Labute approximate surface area is 171 Å². The molecule has 1 aliphatic rings. The number of urea groups is 1. The van der Waals surface area contributed by atoms with E-state index < -0.39 is 23.7 Å². The molecule has 2 aromatic rings. The summed E-state index contributed by atoms with van der Waals surface area (Å²) in [5.74, 6) is -0.124. The maximum absolute atomic E-state index is 12.1. The Morgan fingerprint density at radius 2 is 1.53 bits per heavy atom. The van der Waals surface area contributed by atoms with Gasteiger partial charge in [-0.05, 0) is 74.2 Å². The summed E-state index contributed by atoms with van der Waals surface area (Å²) in [7, 11) is 0. The van der Waals surface area contributed by atoms with E-state index in [-0.39, 0.29) is 5.69 Å². The van der Waals surface area contributed by atoms with Gasteiger partial charge in [-0.15, -0.1) is 0 Å². The van der Waals surface area contributed by atoms with E-state index in [1.165, 1.54) is 19.3 Å². The molecule has 2 aromatic carbocycles. The molecule has 0 unspecified atom stereocenters. The molecule has 4 N–H and O–H groups in total. The summed E-state index contributed by atoms with van der Waals surface area (Å²) >= 11 is 0. The van der Waals surface area contributed by atoms with Crippen molar-refractivity contribution in [1.82, 2.24) is 0 Å². The zero-order chi connectivity index (χ0) is 22.1. The van der Waals surface area contributed by atoms with Crippen LogP contribution in [-0.2, 0) is 6.18 Å². The van der Waals surface area contributed by atoms with Gasteiger partial charge in [0.2, 0.25) is 0 Å². The van der Waals surface area contributed by atoms with Gasteiger partial charge in [0.1, 0.15) is 5.75 Å². The van der Waals surface area contributed by atoms with Gasteiger partial charge < -0.3 is 20.9 Å². The van der Waals surface area contributed by atoms with E-state index in [1.807, 2.05) is 0 Å². The molecule has 0 aromatic heterocycles. The molecular weight excluding hydrogens is 401 g/mol. The van der Waals surface area contributed by atoms with E-state index >= 15 is 0 Å². The second-order valence-corrected chi connectivity index (χ2v) is 6.77. The highest BCUT2D eigenvalue weighted by atomic mass is 19.4. The third-order valence-electron chi connectivity index (χ3n) is 4.44. The Balaban J connectivity index is 0.000000216. The van der Waals surface area contributed by atoms with Gasteiger partial charge in [-0.3, -0.25) is 0 Å². The zero-order valence-corrected chi connectivity index (χ0v) is 16.1. The van der Waals surface area contributed by atoms with Crippen LogP contribution in [0.15, 0.2) is 48.5 Å². The summed E-state index contributed by atoms with van der Waals surface area (Å²) in [4.78, 5) is 21.0. The zero-order valence-electron chi connectivity index (χ0n) is 16.1. The lowest BCUT2D eigenvalue weighted by Crippen LogP contribution is -2.19. The highest BCUT2D eigenvalue weighted by molar-refractivity contribution is 5.88. The molecule has 1 aliphatic carbocycles. The van der Waals surface area contributed by atoms with Gasteiger partial charge in [0.05, 0.1) is 17.2 Å². The van der Waals surface area contributed by atoms with Crippen LogP contribution in [0, 0.1) is 0 Å². The first-order chi connectivity index (χ1) is 14.1. The van der Waals surface area contributed by atoms with Crippen molar-refractivity contribution in [2.75, 3.05) is 5.32 Å². The summed E-state index contributed by atoms with van der Waals surface area (Å²) in [6.07, 6.45) is 1.93. The molecule has 0 atom stereocenters. The minimum Gasteiger partial charge on any atom is -0.490 e. The topological polar surface area (TPSA) is 102 Å². The SMILES string of the molecule is NC(=O)Nc1ccc(C(F)(F)F)cc1.O=C(O)c1ccc(OC2CCCCC2)cc1. The Hall–Kier alpha value is -3.23. The van der Waals surface area contributed by atoms with Crippen molar-refractivity contribution < 1.29 is 32.6 Å². The van der Waals surface area contributed by atoms with E-state index in [9.17, 15) is 22.8 Å². The minimum atomic E-state index is -4.37. The number of carbonyl (C=O) groups excluding carboxylic acids is 1. The maximum Gasteiger partial charge on any atom is 0.416 e. The molecule has 0 radical (unpaired) electrons. The number of aromatic carboxylic acids is 1. The molecule has 1 fully saturated rings. The number of carboxylic acid groups (broad SMARTS) is 1. The van der Waals surface area contributed by atoms with Crippen molar-refractivity contribution in [2.45, 2.75) is 44.4 Å². The fourth-order valence-corrected chi connectivity index (χ4v) is 2.94. The summed E-state index contributed by atoms with van der Waals surface area (Å²) in [5, 5.41) is 10.9. The van der Waals surface area contributed by atoms with Gasteiger partial charge in [0, 0.05) is 5.69 Å². The molecule has 30 heavy (non-hydrogen) atoms. The monoisotopic (exact) mass is 424 g/mol. The van der Waals surface area contributed by atoms with Crippen LogP contribution in [0.3, 0.4) is 0 Å². The number of carbonyl (C=O) groups is 2. The number of alkyl halides is 3. The molecule has 162 valence electrons. The number of amides is 2. The smallest absolute Gasteiger partial charge is 0.416 e. The van der Waals surface area contributed by atoms with Crippen molar-refractivity contribution >= 4 is 17.7 Å². The predicted molar refractivity (Wildman–Crippen MR) is 106 cm³/mol. The molecule has 3 rings (SSSR count). The third kappa shape index (κ3) is 7.65. The lowest BCUT2D eigenvalue weighted by atomic mass is 9.98. The fourth-order valence-electron chi connectivity index (χ4n) is 2.94. The normalized spacial score (nSPS) is 14.2. The number of hydrogen-bond acceptors (Lipinski definition) is 3. The van der Waals surface area contributed by atoms with Crippen molar-refractivity contribution in [3.8, 4) is 5.75 Å². The van der Waals surface area contributed by atoms with Gasteiger partial charge in [0.15, 0.2) is 0 Å². The van der Waals surface area contributed by atoms with Gasteiger partial charge in [0.25, 0.3) is 0 Å². The van der Waals surface area contributed by atoms with Crippen molar-refractivity contribution in [3.63, 3.8) is 0 Å². The fraction of sp³-hybridized carbons (Fsp3) is 0.333. The summed E-state index contributed by atoms with van der Waals surface area (Å²) in [5.41, 5.74) is 4.53. The molecular formula is C21H23F3N2O4. The van der Waals surface area contributed by atoms with Gasteiger partial charge in [-0.25, -0.2) is 9.59 Å². The quantitative estimate of drug-likeness (QED) is 0.620. The van der Waals surface area contributed by atoms with E-state index in [0.717, 1.165) is 42.9 Å². The number of nitrogens with two attached hydrogens (primary N) is 1. The van der Waals surface area contributed by atoms with E-state index in [1.54, 1.807) is 24.3 Å². The van der Waals surface area contributed by atoms with Gasteiger partial charge in [-0.2, -0.15) is 13.2 Å².